The Morgan fingerprint density at radius 3 is 2.60 bits per heavy atom. The van der Waals surface area contributed by atoms with Gasteiger partial charge in [-0.05, 0) is 18.4 Å². The van der Waals surface area contributed by atoms with Gasteiger partial charge in [-0.3, -0.25) is 9.69 Å². The summed E-state index contributed by atoms with van der Waals surface area (Å²) >= 11 is 0. The van der Waals surface area contributed by atoms with Crippen LogP contribution in [0.3, 0.4) is 0 Å². The molecule has 2 fully saturated rings. The minimum atomic E-state index is -0.0774. The van der Waals surface area contributed by atoms with E-state index >= 15 is 0 Å². The lowest BCUT2D eigenvalue weighted by molar-refractivity contribution is -0.123. The van der Waals surface area contributed by atoms with Crippen molar-refractivity contribution in [2.24, 2.45) is 5.92 Å². The van der Waals surface area contributed by atoms with E-state index in [2.05, 4.69) is 17.1 Å². The van der Waals surface area contributed by atoms with E-state index in [1.54, 1.807) is 0 Å². The maximum atomic E-state index is 12.8. The summed E-state index contributed by atoms with van der Waals surface area (Å²) in [5, 5.41) is 3.23. The highest BCUT2D eigenvalue weighted by Crippen LogP contribution is 2.23. The van der Waals surface area contributed by atoms with Gasteiger partial charge in [0.25, 0.3) is 0 Å². The van der Waals surface area contributed by atoms with Crippen LogP contribution in [-0.4, -0.2) is 62.9 Å². The Bertz CT molecular complexity index is 525. The number of benzene rings is 1. The molecule has 1 aromatic carbocycles. The quantitative estimate of drug-likeness (QED) is 0.821. The Hall–Kier alpha value is -1.43. The van der Waals surface area contributed by atoms with Crippen molar-refractivity contribution in [1.82, 2.24) is 10.2 Å². The molecule has 0 unspecified atom stereocenters. The number of nitrogens with one attached hydrogen (secondary N) is 1. The number of morpholine rings is 1. The van der Waals surface area contributed by atoms with Crippen molar-refractivity contribution in [2.75, 3.05) is 46.1 Å². The summed E-state index contributed by atoms with van der Waals surface area (Å²) in [5.74, 6) is 0.549. The Morgan fingerprint density at radius 2 is 1.96 bits per heavy atom. The van der Waals surface area contributed by atoms with Gasteiger partial charge in [0.05, 0.1) is 25.7 Å². The highest BCUT2D eigenvalue weighted by molar-refractivity contribution is 5.83. The molecule has 0 aliphatic carbocycles. The van der Waals surface area contributed by atoms with Gasteiger partial charge in [0.2, 0.25) is 5.91 Å². The van der Waals surface area contributed by atoms with E-state index in [1.165, 1.54) is 0 Å². The van der Waals surface area contributed by atoms with E-state index in [1.807, 2.05) is 30.3 Å². The van der Waals surface area contributed by atoms with Crippen molar-refractivity contribution in [3.63, 3.8) is 0 Å². The van der Waals surface area contributed by atoms with Crippen molar-refractivity contribution in [1.29, 1.82) is 0 Å². The molecule has 2 aliphatic heterocycles. The molecule has 2 saturated heterocycles. The minimum absolute atomic E-state index is 0.0774. The Kier molecular flexibility index (Phi) is 6.84. The molecule has 1 N–H and O–H groups in total. The van der Waals surface area contributed by atoms with Crippen LogP contribution in [0.15, 0.2) is 30.3 Å². The summed E-state index contributed by atoms with van der Waals surface area (Å²) in [4.78, 5) is 15.3. The number of nitrogens with zero attached hydrogens (tertiary/aromatic N) is 1. The lowest BCUT2D eigenvalue weighted by Gasteiger charge is -2.37. The maximum Gasteiger partial charge on any atom is 0.227 e. The highest BCUT2D eigenvalue weighted by atomic mass is 16.5. The topological polar surface area (TPSA) is 50.8 Å². The number of amides is 1. The standard InChI is InChI=1S/C20H30N2O3/c1-2-18(16-6-4-3-5-7-16)20(23)21-14-19(17-8-11-25-15-17)22-9-12-24-13-10-22/h3-7,17-19H,2,8-15H2,1H3,(H,21,23)/t17-,18-,19+/m0/s1. The van der Waals surface area contributed by atoms with E-state index < -0.39 is 0 Å². The van der Waals surface area contributed by atoms with Crippen LogP contribution in [0, 0.1) is 5.92 Å². The zero-order valence-electron chi connectivity index (χ0n) is 15.2. The van der Waals surface area contributed by atoms with E-state index in [9.17, 15) is 4.79 Å². The van der Waals surface area contributed by atoms with Crippen molar-refractivity contribution in [3.05, 3.63) is 35.9 Å². The van der Waals surface area contributed by atoms with Crippen molar-refractivity contribution >= 4 is 5.91 Å². The molecule has 0 spiro atoms. The smallest absolute Gasteiger partial charge is 0.227 e. The zero-order valence-corrected chi connectivity index (χ0v) is 15.2. The molecule has 2 heterocycles. The molecular weight excluding hydrogens is 316 g/mol. The summed E-state index contributed by atoms with van der Waals surface area (Å²) in [5.41, 5.74) is 1.09. The van der Waals surface area contributed by atoms with Gasteiger partial charge in [-0.15, -0.1) is 0 Å². The summed E-state index contributed by atoms with van der Waals surface area (Å²) in [6.45, 7) is 7.83. The second-order valence-corrected chi connectivity index (χ2v) is 6.96. The molecule has 0 radical (unpaired) electrons. The van der Waals surface area contributed by atoms with Crippen LogP contribution in [0.5, 0.6) is 0 Å². The molecule has 1 amide bonds. The fraction of sp³-hybridized carbons (Fsp3) is 0.650. The van der Waals surface area contributed by atoms with Crippen LogP contribution in [0.2, 0.25) is 0 Å². The first-order valence-electron chi connectivity index (χ1n) is 9.51. The highest BCUT2D eigenvalue weighted by Gasteiger charge is 2.32. The van der Waals surface area contributed by atoms with Crippen LogP contribution in [-0.2, 0) is 14.3 Å². The fourth-order valence-corrected chi connectivity index (χ4v) is 3.95. The van der Waals surface area contributed by atoms with Gasteiger partial charge in [0.15, 0.2) is 0 Å². The third kappa shape index (κ3) is 4.81. The Labute approximate surface area is 150 Å². The number of ether oxygens (including phenoxy) is 2. The minimum Gasteiger partial charge on any atom is -0.381 e. The van der Waals surface area contributed by atoms with Gasteiger partial charge in [0, 0.05) is 38.2 Å². The van der Waals surface area contributed by atoms with E-state index in [4.69, 9.17) is 9.47 Å². The first-order valence-corrected chi connectivity index (χ1v) is 9.51. The van der Waals surface area contributed by atoms with Crippen LogP contribution in [0.25, 0.3) is 0 Å². The normalized spacial score (nSPS) is 24.0. The third-order valence-corrected chi connectivity index (χ3v) is 5.44. The molecule has 2 aliphatic rings. The second-order valence-electron chi connectivity index (χ2n) is 6.96. The molecule has 0 bridgehead atoms. The van der Waals surface area contributed by atoms with Gasteiger partial charge in [-0.25, -0.2) is 0 Å². The molecule has 0 aromatic heterocycles. The summed E-state index contributed by atoms with van der Waals surface area (Å²) < 4.78 is 11.1. The summed E-state index contributed by atoms with van der Waals surface area (Å²) in [6.07, 6.45) is 1.89. The average molecular weight is 346 g/mol. The zero-order chi connectivity index (χ0) is 17.5. The van der Waals surface area contributed by atoms with Crippen LogP contribution < -0.4 is 5.32 Å². The number of hydrogen-bond acceptors (Lipinski definition) is 4. The van der Waals surface area contributed by atoms with Crippen molar-refractivity contribution < 1.29 is 14.3 Å². The fourth-order valence-electron chi connectivity index (χ4n) is 3.95. The summed E-state index contributed by atoms with van der Waals surface area (Å²) in [6, 6.07) is 10.4. The number of hydrogen-bond donors (Lipinski definition) is 1. The Balaban J connectivity index is 1.62. The van der Waals surface area contributed by atoms with Gasteiger partial charge in [0.1, 0.15) is 0 Å². The van der Waals surface area contributed by atoms with Gasteiger partial charge in [-0.2, -0.15) is 0 Å². The lowest BCUT2D eigenvalue weighted by Crippen LogP contribution is -2.52. The van der Waals surface area contributed by atoms with E-state index in [0.29, 0.717) is 18.5 Å². The molecular formula is C20H30N2O3. The third-order valence-electron chi connectivity index (χ3n) is 5.44. The number of carbonyl (C=O) groups excluding carboxylic acids is 1. The first kappa shape index (κ1) is 18.4. The molecule has 25 heavy (non-hydrogen) atoms. The molecule has 0 saturated carbocycles. The maximum absolute atomic E-state index is 12.8. The molecule has 3 rings (SSSR count). The van der Waals surface area contributed by atoms with Gasteiger partial charge < -0.3 is 14.8 Å². The van der Waals surface area contributed by atoms with Crippen LogP contribution >= 0.6 is 0 Å². The molecule has 5 nitrogen and oxygen atoms in total. The summed E-state index contributed by atoms with van der Waals surface area (Å²) in [7, 11) is 0. The predicted molar refractivity (Wildman–Crippen MR) is 97.6 cm³/mol. The molecule has 3 atom stereocenters. The second kappa shape index (κ2) is 9.32. The number of carbonyl (C=O) groups is 1. The Morgan fingerprint density at radius 1 is 1.20 bits per heavy atom. The van der Waals surface area contributed by atoms with Crippen LogP contribution in [0.1, 0.15) is 31.2 Å². The monoisotopic (exact) mass is 346 g/mol. The van der Waals surface area contributed by atoms with Crippen molar-refractivity contribution in [3.8, 4) is 0 Å². The SMILES string of the molecule is CC[C@H](C(=O)NC[C@H]([C@H]1CCOC1)N1CCOCC1)c1ccccc1. The largest absolute Gasteiger partial charge is 0.381 e. The van der Waals surface area contributed by atoms with E-state index in [0.717, 1.165) is 57.9 Å². The number of rotatable bonds is 7. The van der Waals surface area contributed by atoms with Gasteiger partial charge >= 0.3 is 0 Å². The predicted octanol–water partition coefficient (Wildman–Crippen LogP) is 2.03. The van der Waals surface area contributed by atoms with Gasteiger partial charge in [-0.1, -0.05) is 37.3 Å². The molecule has 138 valence electrons. The van der Waals surface area contributed by atoms with E-state index in [-0.39, 0.29) is 11.8 Å². The van der Waals surface area contributed by atoms with Crippen molar-refractivity contribution in [2.45, 2.75) is 31.7 Å². The molecule has 1 aromatic rings. The molecule has 5 heteroatoms. The average Bonchev–Trinajstić information content (AvgIpc) is 3.19. The van der Waals surface area contributed by atoms with Crippen LogP contribution in [0.4, 0.5) is 0 Å². The first-order chi connectivity index (χ1) is 12.3. The lowest BCUT2D eigenvalue weighted by atomic mass is 9.94.